The van der Waals surface area contributed by atoms with E-state index in [0.29, 0.717) is 32.5 Å². The average Bonchev–Trinajstić information content (AvgIpc) is 2.75. The number of hydrogen-bond donors (Lipinski definition) is 1. The first-order valence-corrected chi connectivity index (χ1v) is 7.24. The van der Waals surface area contributed by atoms with Crippen LogP contribution in [0.25, 0.3) is 0 Å². The van der Waals surface area contributed by atoms with E-state index in [1.807, 2.05) is 25.9 Å². The van der Waals surface area contributed by atoms with Crippen molar-refractivity contribution in [3.63, 3.8) is 0 Å². The molecule has 0 aromatic heterocycles. The summed E-state index contributed by atoms with van der Waals surface area (Å²) in [6.45, 7) is 3.62. The summed E-state index contributed by atoms with van der Waals surface area (Å²) >= 11 is 0. The predicted octanol–water partition coefficient (Wildman–Crippen LogP) is 1.26. The maximum atomic E-state index is 12.3. The molecule has 6 heteroatoms. The Hall–Kier alpha value is -1.74. The zero-order chi connectivity index (χ0) is 15.8. The molecule has 0 radical (unpaired) electrons. The molecule has 21 heavy (non-hydrogen) atoms. The van der Waals surface area contributed by atoms with Crippen LogP contribution in [0.1, 0.15) is 26.2 Å². The second-order valence-electron chi connectivity index (χ2n) is 5.46. The van der Waals surface area contributed by atoms with Crippen LogP contribution in [0.5, 0.6) is 0 Å². The van der Waals surface area contributed by atoms with Gasteiger partial charge in [-0.15, -0.1) is 0 Å². The first kappa shape index (κ1) is 17.3. The molecular formula is C15H24N2O4. The number of carbonyl (C=O) groups excluding carboxylic acids is 1. The largest absolute Gasteiger partial charge is 0.506 e. The molecule has 1 fully saturated rings. The monoisotopic (exact) mass is 296 g/mol. The fourth-order valence-corrected chi connectivity index (χ4v) is 2.39. The maximum Gasteiger partial charge on any atom is 0.506 e. The topological polar surface area (TPSA) is 70.1 Å². The number of carboxylic acid groups (broad SMARTS) is 1. The van der Waals surface area contributed by atoms with E-state index in [1.165, 1.54) is 0 Å². The minimum absolute atomic E-state index is 0.0474. The Bertz CT molecular complexity index is 425. The quantitative estimate of drug-likeness (QED) is 0.590. The summed E-state index contributed by atoms with van der Waals surface area (Å²) in [5.41, 5.74) is 0. The van der Waals surface area contributed by atoms with Crippen LogP contribution in [0.2, 0.25) is 0 Å². The van der Waals surface area contributed by atoms with Gasteiger partial charge in [-0.05, 0) is 26.9 Å². The molecule has 0 aromatic carbocycles. The first-order chi connectivity index (χ1) is 9.95. The lowest BCUT2D eigenvalue weighted by Crippen LogP contribution is -2.34. The zero-order valence-electron chi connectivity index (χ0n) is 13.0. The van der Waals surface area contributed by atoms with E-state index >= 15 is 0 Å². The molecule has 0 saturated carbocycles. The Kier molecular flexibility index (Phi) is 7.03. The third-order valence-corrected chi connectivity index (χ3v) is 3.40. The minimum atomic E-state index is -1.31. The number of carbonyl (C=O) groups is 2. The number of hydrogen-bond acceptors (Lipinski definition) is 4. The predicted molar refractivity (Wildman–Crippen MR) is 78.8 cm³/mol. The molecular weight excluding hydrogens is 272 g/mol. The van der Waals surface area contributed by atoms with E-state index in [2.05, 4.69) is 11.8 Å². The van der Waals surface area contributed by atoms with Gasteiger partial charge in [-0.1, -0.05) is 25.2 Å². The van der Waals surface area contributed by atoms with Crippen molar-refractivity contribution < 1.29 is 19.4 Å². The minimum Gasteiger partial charge on any atom is -0.450 e. The van der Waals surface area contributed by atoms with E-state index in [9.17, 15) is 9.59 Å². The summed E-state index contributed by atoms with van der Waals surface area (Å²) in [6.07, 6.45) is 0.129. The van der Waals surface area contributed by atoms with Gasteiger partial charge >= 0.3 is 6.16 Å². The van der Waals surface area contributed by atoms with Crippen molar-refractivity contribution in [3.8, 4) is 11.8 Å². The molecule has 6 nitrogen and oxygen atoms in total. The second-order valence-corrected chi connectivity index (χ2v) is 5.46. The van der Waals surface area contributed by atoms with Crippen LogP contribution in [-0.4, -0.2) is 66.8 Å². The van der Waals surface area contributed by atoms with Gasteiger partial charge < -0.3 is 14.7 Å². The molecule has 1 aliphatic rings. The van der Waals surface area contributed by atoms with Gasteiger partial charge in [0.2, 0.25) is 5.91 Å². The summed E-state index contributed by atoms with van der Waals surface area (Å²) in [4.78, 5) is 26.7. The number of likely N-dealkylation sites (tertiary alicyclic amines) is 1. The summed E-state index contributed by atoms with van der Waals surface area (Å²) in [5, 5.41) is 8.77. The molecule has 0 aromatic rings. The number of rotatable bonds is 6. The van der Waals surface area contributed by atoms with Crippen LogP contribution in [0.3, 0.4) is 0 Å². The van der Waals surface area contributed by atoms with Crippen LogP contribution < -0.4 is 0 Å². The summed E-state index contributed by atoms with van der Waals surface area (Å²) in [7, 11) is 3.87. The lowest BCUT2D eigenvalue weighted by molar-refractivity contribution is -0.133. The smallest absolute Gasteiger partial charge is 0.450 e. The molecule has 1 unspecified atom stereocenters. The van der Waals surface area contributed by atoms with Gasteiger partial charge in [0.25, 0.3) is 0 Å². The van der Waals surface area contributed by atoms with Crippen molar-refractivity contribution in [3.05, 3.63) is 0 Å². The Labute approximate surface area is 126 Å². The van der Waals surface area contributed by atoms with Crippen molar-refractivity contribution in [2.45, 2.75) is 32.3 Å². The number of amides is 1. The van der Waals surface area contributed by atoms with Crippen LogP contribution in [0, 0.1) is 17.8 Å². The lowest BCUT2D eigenvalue weighted by atomic mass is 9.97. The van der Waals surface area contributed by atoms with Gasteiger partial charge in [-0.3, -0.25) is 9.69 Å². The van der Waals surface area contributed by atoms with Gasteiger partial charge in [0, 0.05) is 6.54 Å². The van der Waals surface area contributed by atoms with E-state index in [0.717, 1.165) is 6.42 Å². The summed E-state index contributed by atoms with van der Waals surface area (Å²) in [6, 6.07) is 0. The van der Waals surface area contributed by atoms with Crippen molar-refractivity contribution >= 4 is 12.1 Å². The molecule has 1 saturated heterocycles. The number of nitrogens with zero attached hydrogens (tertiary/aromatic N) is 2. The van der Waals surface area contributed by atoms with Gasteiger partial charge in [0.1, 0.15) is 6.10 Å². The molecule has 0 bridgehead atoms. The van der Waals surface area contributed by atoms with E-state index in [1.54, 1.807) is 4.90 Å². The van der Waals surface area contributed by atoms with Gasteiger partial charge in [0.15, 0.2) is 0 Å². The molecule has 1 N–H and O–H groups in total. The summed E-state index contributed by atoms with van der Waals surface area (Å²) < 4.78 is 4.88. The maximum absolute atomic E-state index is 12.3. The van der Waals surface area contributed by atoms with Crippen LogP contribution in [0.15, 0.2) is 0 Å². The first-order valence-electron chi connectivity index (χ1n) is 7.24. The van der Waals surface area contributed by atoms with E-state index in [-0.39, 0.29) is 11.8 Å². The highest BCUT2D eigenvalue weighted by Gasteiger charge is 2.38. The highest BCUT2D eigenvalue weighted by molar-refractivity contribution is 5.82. The van der Waals surface area contributed by atoms with Crippen molar-refractivity contribution in [2.24, 2.45) is 5.92 Å². The molecule has 1 aliphatic heterocycles. The summed E-state index contributed by atoms with van der Waals surface area (Å²) in [5.74, 6) is 5.56. The number of ether oxygens (including phenoxy) is 1. The Morgan fingerprint density at radius 2 is 2.24 bits per heavy atom. The molecule has 0 spiro atoms. The normalized spacial score (nSPS) is 19.3. The Morgan fingerprint density at radius 3 is 2.81 bits per heavy atom. The molecule has 2 atom stereocenters. The highest BCUT2D eigenvalue weighted by Crippen LogP contribution is 2.26. The zero-order valence-corrected chi connectivity index (χ0v) is 13.0. The second kappa shape index (κ2) is 8.53. The van der Waals surface area contributed by atoms with Crippen molar-refractivity contribution in [2.75, 3.05) is 33.7 Å². The lowest BCUT2D eigenvalue weighted by Gasteiger charge is -2.21. The third-order valence-electron chi connectivity index (χ3n) is 3.40. The van der Waals surface area contributed by atoms with Crippen molar-refractivity contribution in [1.82, 2.24) is 9.80 Å². The fourth-order valence-electron chi connectivity index (χ4n) is 2.39. The van der Waals surface area contributed by atoms with Crippen molar-refractivity contribution in [1.29, 1.82) is 0 Å². The molecule has 1 rings (SSSR count). The van der Waals surface area contributed by atoms with Crippen LogP contribution >= 0.6 is 0 Å². The molecule has 118 valence electrons. The fraction of sp³-hybridized carbons (Fsp3) is 0.733. The highest BCUT2D eigenvalue weighted by atomic mass is 16.7. The standard InChI is InChI=1S/C15H24N2O4/c1-4-7-13(21-15(19)20)12-8-11-17(14(12)18)10-6-5-9-16(2)3/h12-13H,4,7-11H2,1-3H3,(H,19,20)/t12-,13?/m0/s1. The van der Waals surface area contributed by atoms with Crippen LogP contribution in [0.4, 0.5) is 4.79 Å². The Balaban J connectivity index is 2.57. The van der Waals surface area contributed by atoms with Gasteiger partial charge in [-0.25, -0.2) is 4.79 Å². The third kappa shape index (κ3) is 5.64. The van der Waals surface area contributed by atoms with E-state index < -0.39 is 12.3 Å². The Morgan fingerprint density at radius 1 is 1.52 bits per heavy atom. The molecule has 1 heterocycles. The van der Waals surface area contributed by atoms with Gasteiger partial charge in [-0.2, -0.15) is 0 Å². The van der Waals surface area contributed by atoms with Crippen LogP contribution in [-0.2, 0) is 9.53 Å². The van der Waals surface area contributed by atoms with Gasteiger partial charge in [0.05, 0.1) is 19.0 Å². The average molecular weight is 296 g/mol. The SMILES string of the molecule is CCCC(OC(=O)O)[C@@H]1CCN(CC#CCN(C)C)C1=O. The van der Waals surface area contributed by atoms with E-state index in [4.69, 9.17) is 9.84 Å². The molecule has 1 amide bonds. The molecule has 0 aliphatic carbocycles.